The minimum Gasteiger partial charge on any atom is -0.278 e. The van der Waals surface area contributed by atoms with Gasteiger partial charge in [0.1, 0.15) is 0 Å². The molecule has 0 aliphatic heterocycles. The van der Waals surface area contributed by atoms with Crippen LogP contribution in [0, 0.1) is 25.2 Å². The van der Waals surface area contributed by atoms with Gasteiger partial charge in [-0.15, -0.1) is 0 Å². The van der Waals surface area contributed by atoms with E-state index in [0.29, 0.717) is 21.8 Å². The van der Waals surface area contributed by atoms with Crippen molar-refractivity contribution in [3.63, 3.8) is 0 Å². The quantitative estimate of drug-likeness (QED) is 0.938. The van der Waals surface area contributed by atoms with Crippen molar-refractivity contribution in [3.8, 4) is 6.07 Å². The van der Waals surface area contributed by atoms with E-state index in [0.717, 1.165) is 5.56 Å². The Morgan fingerprint density at radius 1 is 1.14 bits per heavy atom. The first-order valence-corrected chi connectivity index (χ1v) is 7.99. The first-order chi connectivity index (χ1) is 9.83. The van der Waals surface area contributed by atoms with Gasteiger partial charge in [0.2, 0.25) is 0 Å². The Hall–Kier alpha value is -2.03. The highest BCUT2D eigenvalue weighted by Gasteiger charge is 2.16. The van der Waals surface area contributed by atoms with Gasteiger partial charge in [0.15, 0.2) is 0 Å². The molecule has 108 valence electrons. The molecule has 0 saturated carbocycles. The van der Waals surface area contributed by atoms with Crippen molar-refractivity contribution >= 4 is 27.3 Å². The smallest absolute Gasteiger partial charge is 0.261 e. The summed E-state index contributed by atoms with van der Waals surface area (Å²) >= 11 is 6.00. The summed E-state index contributed by atoms with van der Waals surface area (Å²) in [7, 11) is -3.74. The maximum absolute atomic E-state index is 12.4. The number of halogens is 1. The van der Waals surface area contributed by atoms with E-state index in [-0.39, 0.29) is 4.90 Å². The lowest BCUT2D eigenvalue weighted by atomic mass is 10.1. The number of aryl methyl sites for hydroxylation is 2. The molecule has 4 nitrogen and oxygen atoms in total. The summed E-state index contributed by atoms with van der Waals surface area (Å²) < 4.78 is 27.2. The molecule has 0 atom stereocenters. The van der Waals surface area contributed by atoms with Crippen LogP contribution in [0.25, 0.3) is 0 Å². The van der Waals surface area contributed by atoms with E-state index in [1.165, 1.54) is 18.2 Å². The summed E-state index contributed by atoms with van der Waals surface area (Å²) in [6, 6.07) is 11.5. The molecule has 2 rings (SSSR count). The Morgan fingerprint density at radius 3 is 2.48 bits per heavy atom. The second-order valence-corrected chi connectivity index (χ2v) is 6.77. The van der Waals surface area contributed by atoms with Crippen molar-refractivity contribution in [3.05, 3.63) is 58.1 Å². The van der Waals surface area contributed by atoms with Gasteiger partial charge in [0, 0.05) is 0 Å². The summed E-state index contributed by atoms with van der Waals surface area (Å²) in [6.45, 7) is 3.54. The first kappa shape index (κ1) is 15.4. The summed E-state index contributed by atoms with van der Waals surface area (Å²) in [5.74, 6) is 0. The monoisotopic (exact) mass is 320 g/mol. The van der Waals surface area contributed by atoms with Crippen LogP contribution in [0.4, 0.5) is 5.69 Å². The van der Waals surface area contributed by atoms with Gasteiger partial charge >= 0.3 is 0 Å². The Morgan fingerprint density at radius 2 is 1.86 bits per heavy atom. The maximum atomic E-state index is 12.4. The molecule has 0 aromatic heterocycles. The number of nitrogens with zero attached hydrogens (tertiary/aromatic N) is 1. The normalized spacial score (nSPS) is 11.0. The highest BCUT2D eigenvalue weighted by molar-refractivity contribution is 7.92. The van der Waals surface area contributed by atoms with Gasteiger partial charge in [-0.05, 0) is 55.3 Å². The third kappa shape index (κ3) is 3.35. The molecule has 0 aliphatic carbocycles. The molecule has 2 aromatic rings. The molecule has 0 saturated heterocycles. The summed E-state index contributed by atoms with van der Waals surface area (Å²) in [6.07, 6.45) is 0. The van der Waals surface area contributed by atoms with Crippen molar-refractivity contribution in [1.82, 2.24) is 0 Å². The molecule has 1 N–H and O–H groups in total. The van der Waals surface area contributed by atoms with Crippen LogP contribution < -0.4 is 4.72 Å². The van der Waals surface area contributed by atoms with Crippen LogP contribution in [0.2, 0.25) is 5.02 Å². The van der Waals surface area contributed by atoms with Crippen LogP contribution in [0.5, 0.6) is 0 Å². The molecular weight excluding hydrogens is 308 g/mol. The molecule has 6 heteroatoms. The number of anilines is 1. The number of sulfonamides is 1. The van der Waals surface area contributed by atoms with Crippen LogP contribution >= 0.6 is 11.6 Å². The standard InChI is InChI=1S/C15H13ClN2O2S/c1-10-3-6-14(16)15(7-10)18-21(19,20)13-5-4-12(9-17)11(2)8-13/h3-8,18H,1-2H3. The molecule has 0 aliphatic rings. The van der Waals surface area contributed by atoms with Crippen LogP contribution in [0.3, 0.4) is 0 Å². The number of benzene rings is 2. The Balaban J connectivity index is 2.41. The lowest BCUT2D eigenvalue weighted by molar-refractivity contribution is 0.601. The molecule has 0 heterocycles. The fourth-order valence-electron chi connectivity index (χ4n) is 1.85. The Labute approximate surface area is 129 Å². The van der Waals surface area contributed by atoms with Crippen LogP contribution in [-0.4, -0.2) is 8.42 Å². The molecular formula is C15H13ClN2O2S. The summed E-state index contributed by atoms with van der Waals surface area (Å²) in [5.41, 5.74) is 2.28. The van der Waals surface area contributed by atoms with Gasteiger partial charge in [-0.3, -0.25) is 4.72 Å². The number of nitrogens with one attached hydrogen (secondary N) is 1. The number of nitriles is 1. The zero-order valence-corrected chi connectivity index (χ0v) is 13.1. The van der Waals surface area contributed by atoms with Crippen LogP contribution in [-0.2, 0) is 10.0 Å². The second-order valence-electron chi connectivity index (χ2n) is 4.68. The van der Waals surface area contributed by atoms with Crippen molar-refractivity contribution in [2.75, 3.05) is 4.72 Å². The largest absolute Gasteiger partial charge is 0.278 e. The predicted molar refractivity (Wildman–Crippen MR) is 82.9 cm³/mol. The minimum absolute atomic E-state index is 0.0940. The predicted octanol–water partition coefficient (Wildman–Crippen LogP) is 3.63. The molecule has 0 fully saturated rings. The zero-order valence-electron chi connectivity index (χ0n) is 11.5. The molecule has 0 bridgehead atoms. The number of hydrogen-bond acceptors (Lipinski definition) is 3. The van der Waals surface area contributed by atoms with Gasteiger partial charge in [0.05, 0.1) is 27.2 Å². The summed E-state index contributed by atoms with van der Waals surface area (Å²) in [4.78, 5) is 0.0940. The SMILES string of the molecule is Cc1ccc(Cl)c(NS(=O)(=O)c2ccc(C#N)c(C)c2)c1. The van der Waals surface area contributed by atoms with Crippen molar-refractivity contribution < 1.29 is 8.42 Å². The van der Waals surface area contributed by atoms with Gasteiger partial charge in [-0.2, -0.15) is 5.26 Å². The highest BCUT2D eigenvalue weighted by Crippen LogP contribution is 2.26. The fraction of sp³-hybridized carbons (Fsp3) is 0.133. The van der Waals surface area contributed by atoms with E-state index in [9.17, 15) is 8.42 Å². The van der Waals surface area contributed by atoms with Gasteiger partial charge in [-0.25, -0.2) is 8.42 Å². The lowest BCUT2D eigenvalue weighted by Gasteiger charge is -2.11. The molecule has 2 aromatic carbocycles. The maximum Gasteiger partial charge on any atom is 0.261 e. The third-order valence-corrected chi connectivity index (χ3v) is 4.69. The first-order valence-electron chi connectivity index (χ1n) is 6.13. The average Bonchev–Trinajstić information content (AvgIpc) is 2.42. The van der Waals surface area contributed by atoms with E-state index in [2.05, 4.69) is 4.72 Å². The van der Waals surface area contributed by atoms with E-state index in [1.807, 2.05) is 13.0 Å². The van der Waals surface area contributed by atoms with E-state index < -0.39 is 10.0 Å². The number of rotatable bonds is 3. The zero-order chi connectivity index (χ0) is 15.6. The topological polar surface area (TPSA) is 70.0 Å². The summed E-state index contributed by atoms with van der Waals surface area (Å²) in [5, 5.41) is 9.21. The fourth-order valence-corrected chi connectivity index (χ4v) is 3.23. The molecule has 21 heavy (non-hydrogen) atoms. The second kappa shape index (κ2) is 5.76. The lowest BCUT2D eigenvalue weighted by Crippen LogP contribution is -2.13. The molecule has 0 spiro atoms. The van der Waals surface area contributed by atoms with Crippen LogP contribution in [0.1, 0.15) is 16.7 Å². The van der Waals surface area contributed by atoms with Gasteiger partial charge < -0.3 is 0 Å². The molecule has 0 amide bonds. The molecule has 0 unspecified atom stereocenters. The Kier molecular flexibility index (Phi) is 4.21. The van der Waals surface area contributed by atoms with Crippen molar-refractivity contribution in [1.29, 1.82) is 5.26 Å². The molecule has 0 radical (unpaired) electrons. The van der Waals surface area contributed by atoms with Gasteiger partial charge in [-0.1, -0.05) is 17.7 Å². The minimum atomic E-state index is -3.74. The van der Waals surface area contributed by atoms with Crippen molar-refractivity contribution in [2.45, 2.75) is 18.7 Å². The highest BCUT2D eigenvalue weighted by atomic mass is 35.5. The van der Waals surface area contributed by atoms with E-state index in [1.54, 1.807) is 25.1 Å². The van der Waals surface area contributed by atoms with Crippen molar-refractivity contribution in [2.24, 2.45) is 0 Å². The van der Waals surface area contributed by atoms with Crippen LogP contribution in [0.15, 0.2) is 41.3 Å². The Bertz CT molecular complexity index is 839. The van der Waals surface area contributed by atoms with Gasteiger partial charge in [0.25, 0.3) is 10.0 Å². The average molecular weight is 321 g/mol. The third-order valence-electron chi connectivity index (χ3n) is 2.99. The van der Waals surface area contributed by atoms with E-state index in [4.69, 9.17) is 16.9 Å². The number of hydrogen-bond donors (Lipinski definition) is 1. The van der Waals surface area contributed by atoms with E-state index >= 15 is 0 Å².